The molecule has 20 heavy (non-hydrogen) atoms. The topological polar surface area (TPSA) is 60.4 Å². The molecule has 6 heteroatoms. The summed E-state index contributed by atoms with van der Waals surface area (Å²) in [6.07, 6.45) is 0. The number of rotatable bonds is 5. The molecule has 0 bridgehead atoms. The highest BCUT2D eigenvalue weighted by Crippen LogP contribution is 2.22. The zero-order chi connectivity index (χ0) is 15.6. The van der Waals surface area contributed by atoms with Crippen molar-refractivity contribution in [1.29, 1.82) is 0 Å². The van der Waals surface area contributed by atoms with Crippen molar-refractivity contribution in [3.05, 3.63) is 29.8 Å². The van der Waals surface area contributed by atoms with E-state index in [0.717, 1.165) is 0 Å². The Morgan fingerprint density at radius 2 is 1.80 bits per heavy atom. The van der Waals surface area contributed by atoms with Gasteiger partial charge in [0.25, 0.3) is 5.44 Å². The van der Waals surface area contributed by atoms with Crippen molar-refractivity contribution >= 4 is 15.8 Å². The van der Waals surface area contributed by atoms with E-state index in [1.54, 1.807) is 25.1 Å². The molecule has 0 N–H and O–H groups in total. The fraction of sp³-hybridized carbons (Fsp3) is 0.500. The fourth-order valence-electron chi connectivity index (χ4n) is 1.85. The lowest BCUT2D eigenvalue weighted by Crippen LogP contribution is -2.46. The number of carbonyl (C=O) groups excluding carboxylic acids is 1. The zero-order valence-electron chi connectivity index (χ0n) is 12.6. The molecule has 0 radical (unpaired) electrons. The molecule has 0 saturated heterocycles. The van der Waals surface area contributed by atoms with Crippen molar-refractivity contribution in [2.45, 2.75) is 24.2 Å². The first-order valence-corrected chi connectivity index (χ1v) is 7.86. The molecule has 5 nitrogen and oxygen atoms in total. The number of ether oxygens (including phenoxy) is 1. The van der Waals surface area contributed by atoms with Gasteiger partial charge in [-0.15, -0.1) is 0 Å². The van der Waals surface area contributed by atoms with E-state index in [1.165, 1.54) is 13.0 Å². The van der Waals surface area contributed by atoms with Crippen molar-refractivity contribution in [3.63, 3.8) is 0 Å². The minimum absolute atomic E-state index is 0.191. The lowest BCUT2D eigenvalue weighted by molar-refractivity contribution is -0.871. The predicted molar refractivity (Wildman–Crippen MR) is 76.8 cm³/mol. The van der Waals surface area contributed by atoms with Gasteiger partial charge in [0.1, 0.15) is 6.54 Å². The first-order chi connectivity index (χ1) is 9.04. The van der Waals surface area contributed by atoms with E-state index in [0.29, 0.717) is 10.0 Å². The number of sulfone groups is 1. The monoisotopic (exact) mass is 300 g/mol. The number of nitrogens with zero attached hydrogens (tertiary/aromatic N) is 1. The van der Waals surface area contributed by atoms with Crippen LogP contribution in [0.5, 0.6) is 0 Å². The molecule has 0 aliphatic heterocycles. The van der Waals surface area contributed by atoms with Crippen LogP contribution in [0.4, 0.5) is 0 Å². The number of quaternary nitrogens is 1. The number of esters is 1. The Bertz CT molecular complexity index is 587. The van der Waals surface area contributed by atoms with E-state index in [9.17, 15) is 13.2 Å². The smallest absolute Gasteiger partial charge is 0.304 e. The third-order valence-corrected chi connectivity index (χ3v) is 4.75. The summed E-state index contributed by atoms with van der Waals surface area (Å²) in [6, 6.07) is 6.70. The van der Waals surface area contributed by atoms with Crippen LogP contribution in [0.1, 0.15) is 12.5 Å². The number of aryl methyl sites for hydroxylation is 1. The molecule has 1 aromatic rings. The molecule has 0 spiro atoms. The van der Waals surface area contributed by atoms with E-state index < -0.39 is 21.2 Å². The molecule has 1 aromatic carbocycles. The van der Waals surface area contributed by atoms with Gasteiger partial charge in [0, 0.05) is 6.92 Å². The Hall–Kier alpha value is -1.40. The van der Waals surface area contributed by atoms with Gasteiger partial charge in [-0.1, -0.05) is 18.2 Å². The summed E-state index contributed by atoms with van der Waals surface area (Å²) in [5.41, 5.74) is -0.535. The highest BCUT2D eigenvalue weighted by molar-refractivity contribution is 7.92. The third-order valence-electron chi connectivity index (χ3n) is 2.74. The van der Waals surface area contributed by atoms with Crippen LogP contribution in [-0.4, -0.2) is 52.0 Å². The van der Waals surface area contributed by atoms with Crippen LogP contribution in [0, 0.1) is 6.92 Å². The minimum Gasteiger partial charge on any atom is -0.440 e. The summed E-state index contributed by atoms with van der Waals surface area (Å²) in [4.78, 5) is 11.4. The van der Waals surface area contributed by atoms with Crippen LogP contribution in [0.2, 0.25) is 0 Å². The molecule has 0 aliphatic rings. The van der Waals surface area contributed by atoms with Gasteiger partial charge in [-0.2, -0.15) is 0 Å². The molecular formula is C14H22NO4S+. The van der Waals surface area contributed by atoms with Crippen LogP contribution in [0.25, 0.3) is 0 Å². The molecule has 0 saturated carbocycles. The average Bonchev–Trinajstić information content (AvgIpc) is 2.25. The van der Waals surface area contributed by atoms with Gasteiger partial charge in [-0.3, -0.25) is 4.79 Å². The molecule has 112 valence electrons. The molecule has 0 fully saturated rings. The maximum atomic E-state index is 12.7. The molecule has 0 heterocycles. The van der Waals surface area contributed by atoms with Crippen LogP contribution < -0.4 is 0 Å². The quantitative estimate of drug-likeness (QED) is 0.608. The van der Waals surface area contributed by atoms with Crippen molar-refractivity contribution in [2.24, 2.45) is 0 Å². The summed E-state index contributed by atoms with van der Waals surface area (Å²) >= 11 is 0. The second-order valence-corrected chi connectivity index (χ2v) is 7.88. The molecule has 0 aliphatic carbocycles. The third kappa shape index (κ3) is 4.31. The van der Waals surface area contributed by atoms with Crippen molar-refractivity contribution in [3.8, 4) is 0 Å². The van der Waals surface area contributed by atoms with Gasteiger partial charge in [-0.25, -0.2) is 8.42 Å². The van der Waals surface area contributed by atoms with Gasteiger partial charge >= 0.3 is 5.97 Å². The van der Waals surface area contributed by atoms with Gasteiger partial charge in [0.2, 0.25) is 9.84 Å². The maximum Gasteiger partial charge on any atom is 0.304 e. The van der Waals surface area contributed by atoms with Crippen LogP contribution in [-0.2, 0) is 19.4 Å². The second-order valence-electron chi connectivity index (χ2n) is 5.82. The number of carbonyl (C=O) groups is 1. The number of hydrogen-bond donors (Lipinski definition) is 0. The van der Waals surface area contributed by atoms with E-state index in [2.05, 4.69) is 0 Å². The number of hydrogen-bond acceptors (Lipinski definition) is 4. The Morgan fingerprint density at radius 1 is 1.25 bits per heavy atom. The SMILES string of the molecule is CC(=O)OC(C[N+](C)(C)C)S(=O)(=O)c1ccccc1C. The van der Waals surface area contributed by atoms with Crippen molar-refractivity contribution < 1.29 is 22.4 Å². The predicted octanol–water partition coefficient (Wildman–Crippen LogP) is 1.36. The largest absolute Gasteiger partial charge is 0.440 e. The van der Waals surface area contributed by atoms with Crippen LogP contribution in [0.15, 0.2) is 29.2 Å². The summed E-state index contributed by atoms with van der Waals surface area (Å²) in [5, 5.41) is 0. The van der Waals surface area contributed by atoms with E-state index >= 15 is 0 Å². The second kappa shape index (κ2) is 5.93. The fourth-order valence-corrected chi connectivity index (χ4v) is 3.82. The summed E-state index contributed by atoms with van der Waals surface area (Å²) in [7, 11) is 1.83. The maximum absolute atomic E-state index is 12.7. The molecule has 1 rings (SSSR count). The molecule has 1 unspecified atom stereocenters. The summed E-state index contributed by atoms with van der Waals surface area (Å²) < 4.78 is 30.8. The van der Waals surface area contributed by atoms with Crippen molar-refractivity contribution in [1.82, 2.24) is 0 Å². The molecular weight excluding hydrogens is 278 g/mol. The van der Waals surface area contributed by atoms with E-state index in [1.807, 2.05) is 21.1 Å². The molecule has 0 aromatic heterocycles. The Balaban J connectivity index is 3.24. The lowest BCUT2D eigenvalue weighted by atomic mass is 10.2. The van der Waals surface area contributed by atoms with Gasteiger partial charge in [0.15, 0.2) is 0 Å². The standard InChI is InChI=1S/C14H22NO4S/c1-11-8-6-7-9-13(11)20(17,18)14(19-12(2)16)10-15(3,4)5/h6-9,14H,10H2,1-5H3/q+1. The Kier molecular flexibility index (Phi) is 4.94. The number of likely N-dealkylation sites (N-methyl/N-ethyl adjacent to an activating group) is 1. The highest BCUT2D eigenvalue weighted by atomic mass is 32.2. The zero-order valence-corrected chi connectivity index (χ0v) is 13.4. The van der Waals surface area contributed by atoms with Gasteiger partial charge < -0.3 is 9.22 Å². The van der Waals surface area contributed by atoms with Crippen LogP contribution >= 0.6 is 0 Å². The first kappa shape index (κ1) is 16.7. The normalized spacial score (nSPS) is 13.8. The summed E-state index contributed by atoms with van der Waals surface area (Å²) in [5.74, 6) is -0.597. The Morgan fingerprint density at radius 3 is 2.25 bits per heavy atom. The van der Waals surface area contributed by atoms with E-state index in [4.69, 9.17) is 4.74 Å². The average molecular weight is 300 g/mol. The molecule has 0 amide bonds. The van der Waals surface area contributed by atoms with Gasteiger partial charge in [0.05, 0.1) is 26.0 Å². The lowest BCUT2D eigenvalue weighted by Gasteiger charge is -2.28. The molecule has 1 atom stereocenters. The first-order valence-electron chi connectivity index (χ1n) is 6.31. The highest BCUT2D eigenvalue weighted by Gasteiger charge is 2.35. The van der Waals surface area contributed by atoms with Crippen molar-refractivity contribution in [2.75, 3.05) is 27.7 Å². The number of benzene rings is 1. The van der Waals surface area contributed by atoms with Crippen LogP contribution in [0.3, 0.4) is 0 Å². The Labute approximate surface area is 120 Å². The summed E-state index contributed by atoms with van der Waals surface area (Å²) in [6.45, 7) is 3.13. The van der Waals surface area contributed by atoms with E-state index in [-0.39, 0.29) is 11.4 Å². The minimum atomic E-state index is -3.72. The van der Waals surface area contributed by atoms with Gasteiger partial charge in [-0.05, 0) is 18.6 Å².